The molecule has 9 heteroatoms. The second-order valence-corrected chi connectivity index (χ2v) is 9.97. The first-order chi connectivity index (χ1) is 17.3. The molecule has 0 saturated carbocycles. The van der Waals surface area contributed by atoms with Gasteiger partial charge in [-0.15, -0.1) is 0 Å². The molecule has 1 aliphatic heterocycles. The van der Waals surface area contributed by atoms with Crippen molar-refractivity contribution in [1.29, 1.82) is 0 Å². The van der Waals surface area contributed by atoms with Crippen molar-refractivity contribution in [2.24, 2.45) is 4.99 Å². The third-order valence-corrected chi connectivity index (χ3v) is 7.31. The maximum Gasteiger partial charge on any atom is 0.271 e. The lowest BCUT2D eigenvalue weighted by atomic mass is 9.95. The number of aromatic hydroxyl groups is 1. The number of phenols is 1. The number of anilines is 1. The molecular formula is C27H19Cl2N3O3S. The summed E-state index contributed by atoms with van der Waals surface area (Å²) < 4.78 is 1.94. The van der Waals surface area contributed by atoms with Crippen LogP contribution in [0.3, 0.4) is 0 Å². The number of allylic oxidation sites excluding steroid dienone is 1. The van der Waals surface area contributed by atoms with Crippen molar-refractivity contribution in [1.82, 2.24) is 4.57 Å². The summed E-state index contributed by atoms with van der Waals surface area (Å²) in [5, 5.41) is 13.0. The third-order valence-electron chi connectivity index (χ3n) is 5.75. The predicted octanol–water partition coefficient (Wildman–Crippen LogP) is 4.89. The number of phenolic OH excluding ortho intramolecular Hbond substituents is 1. The fourth-order valence-electron chi connectivity index (χ4n) is 4.10. The van der Waals surface area contributed by atoms with Crippen LogP contribution in [0.5, 0.6) is 5.75 Å². The van der Waals surface area contributed by atoms with Crippen LogP contribution < -0.4 is 20.2 Å². The van der Waals surface area contributed by atoms with Crippen LogP contribution in [0.15, 0.2) is 93.9 Å². The quantitative estimate of drug-likeness (QED) is 0.390. The SMILES string of the molecule is CC1=C(C(=O)Nc2ccccc2)[C@H](c2ccccc2)n2c(s/c(=C\c3cc(Cl)c(O)c(Cl)c3)c2=O)=N1. The summed E-state index contributed by atoms with van der Waals surface area (Å²) in [6.45, 7) is 1.77. The second kappa shape index (κ2) is 9.78. The largest absolute Gasteiger partial charge is 0.505 e. The van der Waals surface area contributed by atoms with Crippen molar-refractivity contribution in [3.63, 3.8) is 0 Å². The molecule has 180 valence electrons. The zero-order chi connectivity index (χ0) is 25.4. The molecule has 1 amide bonds. The molecule has 0 fully saturated rings. The number of para-hydroxylation sites is 1. The first kappa shape index (κ1) is 24.1. The average Bonchev–Trinajstić information content (AvgIpc) is 3.16. The Morgan fingerprint density at radius 2 is 1.67 bits per heavy atom. The highest BCUT2D eigenvalue weighted by Gasteiger charge is 2.32. The van der Waals surface area contributed by atoms with E-state index in [4.69, 9.17) is 23.2 Å². The molecule has 6 nitrogen and oxygen atoms in total. The fourth-order valence-corrected chi connectivity index (χ4v) is 5.65. The maximum atomic E-state index is 13.7. The van der Waals surface area contributed by atoms with Gasteiger partial charge >= 0.3 is 0 Å². The number of rotatable bonds is 4. The van der Waals surface area contributed by atoms with E-state index in [0.29, 0.717) is 31.9 Å². The van der Waals surface area contributed by atoms with Crippen molar-refractivity contribution >= 4 is 52.2 Å². The van der Waals surface area contributed by atoms with Crippen LogP contribution in [0.2, 0.25) is 10.0 Å². The van der Waals surface area contributed by atoms with Crippen LogP contribution in [-0.2, 0) is 4.79 Å². The minimum Gasteiger partial charge on any atom is -0.505 e. The Balaban J connectivity index is 1.67. The van der Waals surface area contributed by atoms with E-state index in [1.165, 1.54) is 23.5 Å². The molecule has 0 unspecified atom stereocenters. The van der Waals surface area contributed by atoms with Crippen LogP contribution in [0.25, 0.3) is 6.08 Å². The number of thiazole rings is 1. The van der Waals surface area contributed by atoms with Gasteiger partial charge in [-0.05, 0) is 48.4 Å². The number of amides is 1. The van der Waals surface area contributed by atoms with E-state index < -0.39 is 6.04 Å². The number of aromatic nitrogens is 1. The zero-order valence-electron chi connectivity index (χ0n) is 18.9. The summed E-state index contributed by atoms with van der Waals surface area (Å²) in [4.78, 5) is 32.3. The van der Waals surface area contributed by atoms with E-state index >= 15 is 0 Å². The van der Waals surface area contributed by atoms with Crippen LogP contribution >= 0.6 is 34.5 Å². The number of nitrogens with one attached hydrogen (secondary N) is 1. The number of fused-ring (bicyclic) bond motifs is 1. The maximum absolute atomic E-state index is 13.7. The van der Waals surface area contributed by atoms with Crippen LogP contribution in [-0.4, -0.2) is 15.6 Å². The number of hydrogen-bond donors (Lipinski definition) is 2. The Hall–Kier alpha value is -3.65. The highest BCUT2D eigenvalue weighted by molar-refractivity contribution is 7.07. The number of hydrogen-bond acceptors (Lipinski definition) is 5. The molecule has 1 aromatic heterocycles. The lowest BCUT2D eigenvalue weighted by molar-refractivity contribution is -0.113. The number of nitrogens with zero attached hydrogens (tertiary/aromatic N) is 2. The molecule has 0 radical (unpaired) electrons. The molecule has 2 N–H and O–H groups in total. The molecule has 4 aromatic rings. The smallest absolute Gasteiger partial charge is 0.271 e. The van der Waals surface area contributed by atoms with Gasteiger partial charge in [-0.3, -0.25) is 14.2 Å². The van der Waals surface area contributed by atoms with Crippen molar-refractivity contribution in [3.05, 3.63) is 125 Å². The molecule has 0 aliphatic carbocycles. The molecule has 0 saturated heterocycles. The van der Waals surface area contributed by atoms with E-state index in [9.17, 15) is 14.7 Å². The van der Waals surface area contributed by atoms with Gasteiger partial charge in [0.15, 0.2) is 10.6 Å². The first-order valence-corrected chi connectivity index (χ1v) is 12.5. The van der Waals surface area contributed by atoms with Crippen molar-refractivity contribution < 1.29 is 9.90 Å². The Morgan fingerprint density at radius 3 is 2.31 bits per heavy atom. The fraction of sp³-hybridized carbons (Fsp3) is 0.0741. The predicted molar refractivity (Wildman–Crippen MR) is 143 cm³/mol. The van der Waals surface area contributed by atoms with Gasteiger partial charge in [0.2, 0.25) is 0 Å². The summed E-state index contributed by atoms with van der Waals surface area (Å²) in [7, 11) is 0. The number of halogens is 2. The third kappa shape index (κ3) is 4.48. The van der Waals surface area contributed by atoms with Gasteiger partial charge in [0, 0.05) is 5.69 Å². The van der Waals surface area contributed by atoms with Crippen molar-refractivity contribution in [2.75, 3.05) is 5.32 Å². The van der Waals surface area contributed by atoms with E-state index in [2.05, 4.69) is 10.3 Å². The Kier molecular flexibility index (Phi) is 6.53. The highest BCUT2D eigenvalue weighted by Crippen LogP contribution is 2.33. The molecule has 3 aromatic carbocycles. The minimum atomic E-state index is -0.666. The second-order valence-electron chi connectivity index (χ2n) is 8.15. The molecule has 5 rings (SSSR count). The lowest BCUT2D eigenvalue weighted by Crippen LogP contribution is -2.40. The van der Waals surface area contributed by atoms with Crippen molar-refractivity contribution in [2.45, 2.75) is 13.0 Å². The van der Waals surface area contributed by atoms with Gasteiger partial charge in [-0.2, -0.15) is 0 Å². The lowest BCUT2D eigenvalue weighted by Gasteiger charge is -2.25. The standard InChI is InChI=1S/C27H19Cl2N3O3S/c1-15-22(25(34)31-18-10-6-3-7-11-18)23(17-8-4-2-5-9-17)32-26(35)21(36-27(32)30-15)14-16-12-19(28)24(33)20(29)13-16/h2-14,23,33H,1H3,(H,31,34)/b21-14-/t23-/m0/s1. The Labute approximate surface area is 220 Å². The summed E-state index contributed by atoms with van der Waals surface area (Å²) in [6, 6.07) is 20.9. The average molecular weight is 536 g/mol. The molecular weight excluding hydrogens is 517 g/mol. The summed E-state index contributed by atoms with van der Waals surface area (Å²) >= 11 is 13.3. The van der Waals surface area contributed by atoms with Gasteiger partial charge in [0.05, 0.1) is 31.9 Å². The molecule has 1 aliphatic rings. The molecule has 0 spiro atoms. The van der Waals surface area contributed by atoms with E-state index in [1.54, 1.807) is 29.7 Å². The number of benzene rings is 3. The van der Waals surface area contributed by atoms with Gasteiger partial charge in [0.25, 0.3) is 11.5 Å². The topological polar surface area (TPSA) is 83.7 Å². The van der Waals surface area contributed by atoms with Gasteiger partial charge in [0.1, 0.15) is 0 Å². The number of carbonyl (C=O) groups is 1. The summed E-state index contributed by atoms with van der Waals surface area (Å²) in [5.41, 5.74) is 2.61. The van der Waals surface area contributed by atoms with Crippen molar-refractivity contribution in [3.8, 4) is 5.75 Å². The Bertz CT molecular complexity index is 1670. The molecule has 0 bridgehead atoms. The molecule has 2 heterocycles. The molecule has 1 atom stereocenters. The number of carbonyl (C=O) groups excluding carboxylic acids is 1. The molecule has 36 heavy (non-hydrogen) atoms. The Morgan fingerprint density at radius 1 is 1.06 bits per heavy atom. The van der Waals surface area contributed by atoms with E-state index in [0.717, 1.165) is 5.56 Å². The summed E-state index contributed by atoms with van der Waals surface area (Å²) in [6.07, 6.45) is 1.64. The van der Waals surface area contributed by atoms with E-state index in [-0.39, 0.29) is 27.3 Å². The highest BCUT2D eigenvalue weighted by atomic mass is 35.5. The van der Waals surface area contributed by atoms with Gasteiger partial charge < -0.3 is 10.4 Å². The van der Waals surface area contributed by atoms with E-state index in [1.807, 2.05) is 48.5 Å². The zero-order valence-corrected chi connectivity index (χ0v) is 21.2. The normalized spacial score (nSPS) is 15.4. The van der Waals surface area contributed by atoms with Crippen LogP contribution in [0.4, 0.5) is 5.69 Å². The van der Waals surface area contributed by atoms with Crippen LogP contribution in [0, 0.1) is 0 Å². The minimum absolute atomic E-state index is 0.0828. The summed E-state index contributed by atoms with van der Waals surface area (Å²) in [5.74, 6) is -0.548. The monoisotopic (exact) mass is 535 g/mol. The van der Waals surface area contributed by atoms with Crippen LogP contribution in [0.1, 0.15) is 24.1 Å². The van der Waals surface area contributed by atoms with Gasteiger partial charge in [-0.1, -0.05) is 83.1 Å². The van der Waals surface area contributed by atoms with Gasteiger partial charge in [-0.25, -0.2) is 4.99 Å². The first-order valence-electron chi connectivity index (χ1n) is 11.0.